The Hall–Kier alpha value is -1.60. The number of carbonyl (C=O) groups is 1. The van der Waals surface area contributed by atoms with Gasteiger partial charge < -0.3 is 9.47 Å². The Morgan fingerprint density at radius 1 is 1.42 bits per heavy atom. The van der Waals surface area contributed by atoms with Crippen LogP contribution >= 0.6 is 23.1 Å². The summed E-state index contributed by atoms with van der Waals surface area (Å²) in [5.74, 6) is 0.447. The molecule has 0 aliphatic carbocycles. The van der Waals surface area contributed by atoms with Crippen LogP contribution in [-0.4, -0.2) is 29.3 Å². The van der Waals surface area contributed by atoms with Gasteiger partial charge in [-0.1, -0.05) is 11.8 Å². The van der Waals surface area contributed by atoms with Gasteiger partial charge in [0.05, 0.1) is 7.11 Å². The summed E-state index contributed by atoms with van der Waals surface area (Å²) < 4.78 is 10.3. The zero-order chi connectivity index (χ0) is 13.8. The van der Waals surface area contributed by atoms with Crippen molar-refractivity contribution in [2.45, 2.75) is 12.1 Å². The number of hydrogen-bond donors (Lipinski definition) is 0. The van der Waals surface area contributed by atoms with Gasteiger partial charge in [0.25, 0.3) is 0 Å². The summed E-state index contributed by atoms with van der Waals surface area (Å²) in [6.45, 7) is 1.86. The molecule has 0 aliphatic heterocycles. The molecule has 0 saturated heterocycles. The van der Waals surface area contributed by atoms with Crippen molar-refractivity contribution in [1.82, 2.24) is 9.97 Å². The molecule has 0 fully saturated rings. The predicted molar refractivity (Wildman–Crippen MR) is 74.3 cm³/mol. The van der Waals surface area contributed by atoms with Crippen LogP contribution in [0.4, 0.5) is 0 Å². The number of esters is 1. The van der Waals surface area contributed by atoms with E-state index < -0.39 is 5.97 Å². The van der Waals surface area contributed by atoms with Crippen LogP contribution in [0.3, 0.4) is 0 Å². The molecule has 0 radical (unpaired) electrons. The van der Waals surface area contributed by atoms with Gasteiger partial charge >= 0.3 is 5.97 Å². The fourth-order valence-corrected chi connectivity index (χ4v) is 2.54. The second kappa shape index (κ2) is 6.03. The summed E-state index contributed by atoms with van der Waals surface area (Å²) in [7, 11) is 1.34. The summed E-state index contributed by atoms with van der Waals surface area (Å²) in [5.41, 5.74) is 0.809. The Morgan fingerprint density at radius 3 is 2.89 bits per heavy atom. The molecule has 2 heterocycles. The number of thiophene rings is 1. The Balaban J connectivity index is 2.29. The molecule has 2 rings (SSSR count). The minimum absolute atomic E-state index is 0.416. The van der Waals surface area contributed by atoms with Crippen LogP contribution in [-0.2, 0) is 4.74 Å². The molecule has 0 bridgehead atoms. The molecule has 5 nitrogen and oxygen atoms in total. The zero-order valence-electron chi connectivity index (χ0n) is 10.7. The summed E-state index contributed by atoms with van der Waals surface area (Å²) in [6, 6.07) is 3.44. The van der Waals surface area contributed by atoms with Crippen molar-refractivity contribution in [3.63, 3.8) is 0 Å². The molecular formula is C12H12N2O3S2. The van der Waals surface area contributed by atoms with E-state index in [1.54, 1.807) is 17.5 Å². The monoisotopic (exact) mass is 296 g/mol. The summed E-state index contributed by atoms with van der Waals surface area (Å²) in [5, 5.41) is 2.40. The van der Waals surface area contributed by atoms with Gasteiger partial charge in [-0.2, -0.15) is 4.98 Å². The first-order valence-corrected chi connectivity index (χ1v) is 7.48. The van der Waals surface area contributed by atoms with E-state index in [0.717, 1.165) is 5.69 Å². The molecule has 0 unspecified atom stereocenters. The van der Waals surface area contributed by atoms with Crippen molar-refractivity contribution in [2.75, 3.05) is 13.4 Å². The fraction of sp³-hybridized carbons (Fsp3) is 0.250. The highest BCUT2D eigenvalue weighted by atomic mass is 32.2. The number of thioether (sulfide) groups is 1. The van der Waals surface area contributed by atoms with E-state index in [2.05, 4.69) is 9.97 Å². The fourth-order valence-electron chi connectivity index (χ4n) is 1.39. The highest BCUT2D eigenvalue weighted by Crippen LogP contribution is 2.30. The third-order valence-corrected chi connectivity index (χ3v) is 3.63. The lowest BCUT2D eigenvalue weighted by molar-refractivity contribution is 0.0603. The van der Waals surface area contributed by atoms with E-state index in [9.17, 15) is 4.79 Å². The van der Waals surface area contributed by atoms with Gasteiger partial charge in [-0.05, 0) is 24.6 Å². The van der Waals surface area contributed by atoms with Crippen LogP contribution in [0.2, 0.25) is 0 Å². The standard InChI is InChI=1S/C12H12N2O3S2/c1-7-6-9(14-12(13-7)18-3)17-8-4-5-19-10(8)11(15)16-2/h4-6H,1-3H3. The number of nitrogens with zero attached hydrogens (tertiary/aromatic N) is 2. The van der Waals surface area contributed by atoms with Gasteiger partial charge in [0.2, 0.25) is 5.88 Å². The van der Waals surface area contributed by atoms with Crippen LogP contribution in [0.15, 0.2) is 22.7 Å². The van der Waals surface area contributed by atoms with Gasteiger partial charge in [0.1, 0.15) is 0 Å². The first-order chi connectivity index (χ1) is 9.13. The molecule has 0 spiro atoms. The number of hydrogen-bond acceptors (Lipinski definition) is 7. The number of methoxy groups -OCH3 is 1. The van der Waals surface area contributed by atoms with Crippen molar-refractivity contribution in [3.05, 3.63) is 28.1 Å². The van der Waals surface area contributed by atoms with Gasteiger partial charge in [-0.25, -0.2) is 9.78 Å². The Labute approximate surface area is 119 Å². The van der Waals surface area contributed by atoms with Gasteiger partial charge in [0, 0.05) is 11.8 Å². The molecule has 100 valence electrons. The van der Waals surface area contributed by atoms with E-state index in [4.69, 9.17) is 9.47 Å². The molecule has 0 aliphatic rings. The van der Waals surface area contributed by atoms with Crippen LogP contribution < -0.4 is 4.74 Å². The topological polar surface area (TPSA) is 61.3 Å². The zero-order valence-corrected chi connectivity index (χ0v) is 12.3. The maximum absolute atomic E-state index is 11.5. The quantitative estimate of drug-likeness (QED) is 0.491. The number of rotatable bonds is 4. The Kier molecular flexibility index (Phi) is 4.39. The maximum Gasteiger partial charge on any atom is 0.351 e. The van der Waals surface area contributed by atoms with Gasteiger partial charge in [0.15, 0.2) is 15.8 Å². The first-order valence-electron chi connectivity index (χ1n) is 5.37. The van der Waals surface area contributed by atoms with Crippen molar-refractivity contribution in [1.29, 1.82) is 0 Å². The number of aryl methyl sites for hydroxylation is 1. The van der Waals surface area contributed by atoms with E-state index in [1.807, 2.05) is 13.2 Å². The molecule has 0 amide bonds. The predicted octanol–water partition coefficient (Wildman–Crippen LogP) is 3.15. The van der Waals surface area contributed by atoms with Gasteiger partial charge in [-0.15, -0.1) is 11.3 Å². The number of aromatic nitrogens is 2. The molecule has 19 heavy (non-hydrogen) atoms. The van der Waals surface area contributed by atoms with Crippen LogP contribution in [0.25, 0.3) is 0 Å². The Morgan fingerprint density at radius 2 is 2.21 bits per heavy atom. The molecule has 2 aromatic rings. The van der Waals surface area contributed by atoms with Crippen molar-refractivity contribution in [3.8, 4) is 11.6 Å². The smallest absolute Gasteiger partial charge is 0.351 e. The number of ether oxygens (including phenoxy) is 2. The van der Waals surface area contributed by atoms with Crippen LogP contribution in [0.5, 0.6) is 11.6 Å². The molecule has 0 N–H and O–H groups in total. The lowest BCUT2D eigenvalue weighted by Crippen LogP contribution is -2.01. The minimum Gasteiger partial charge on any atom is -0.465 e. The normalized spacial score (nSPS) is 10.3. The van der Waals surface area contributed by atoms with E-state index in [-0.39, 0.29) is 0 Å². The second-order valence-electron chi connectivity index (χ2n) is 3.54. The van der Waals surface area contributed by atoms with E-state index in [1.165, 1.54) is 30.2 Å². The molecule has 0 atom stereocenters. The van der Waals surface area contributed by atoms with E-state index >= 15 is 0 Å². The highest BCUT2D eigenvalue weighted by molar-refractivity contribution is 7.98. The summed E-state index contributed by atoms with van der Waals surface area (Å²) in [4.78, 5) is 20.4. The maximum atomic E-state index is 11.5. The average Bonchev–Trinajstić information content (AvgIpc) is 2.85. The third-order valence-electron chi connectivity index (χ3n) is 2.21. The van der Waals surface area contributed by atoms with E-state index in [0.29, 0.717) is 21.7 Å². The minimum atomic E-state index is -0.416. The van der Waals surface area contributed by atoms with Crippen LogP contribution in [0, 0.1) is 6.92 Å². The lowest BCUT2D eigenvalue weighted by Gasteiger charge is -2.06. The summed E-state index contributed by atoms with van der Waals surface area (Å²) in [6.07, 6.45) is 1.89. The first kappa shape index (κ1) is 13.8. The third kappa shape index (κ3) is 3.24. The Bertz CT molecular complexity index is 598. The number of carbonyl (C=O) groups excluding carboxylic acids is 1. The van der Waals surface area contributed by atoms with Crippen molar-refractivity contribution in [2.24, 2.45) is 0 Å². The largest absolute Gasteiger partial charge is 0.465 e. The molecule has 0 aromatic carbocycles. The highest BCUT2D eigenvalue weighted by Gasteiger charge is 2.16. The molecule has 2 aromatic heterocycles. The second-order valence-corrected chi connectivity index (χ2v) is 5.23. The molecular weight excluding hydrogens is 284 g/mol. The van der Waals surface area contributed by atoms with Crippen LogP contribution in [0.1, 0.15) is 15.4 Å². The van der Waals surface area contributed by atoms with Crippen molar-refractivity contribution >= 4 is 29.1 Å². The average molecular weight is 296 g/mol. The lowest BCUT2D eigenvalue weighted by atomic mass is 10.4. The summed E-state index contributed by atoms with van der Waals surface area (Å²) >= 11 is 2.70. The van der Waals surface area contributed by atoms with Gasteiger partial charge in [-0.3, -0.25) is 0 Å². The van der Waals surface area contributed by atoms with Crippen molar-refractivity contribution < 1.29 is 14.3 Å². The SMILES string of the molecule is COC(=O)c1sccc1Oc1cc(C)nc(SC)n1. The molecule has 7 heteroatoms. The molecule has 0 saturated carbocycles.